The summed E-state index contributed by atoms with van der Waals surface area (Å²) in [6.45, 7) is 7.24. The van der Waals surface area contributed by atoms with Gasteiger partial charge < -0.3 is 0 Å². The summed E-state index contributed by atoms with van der Waals surface area (Å²) in [6, 6.07) is 0. The molecule has 0 amide bonds. The van der Waals surface area contributed by atoms with Gasteiger partial charge in [-0.2, -0.15) is 0 Å². The first kappa shape index (κ1) is 12.4. The molecule has 0 aromatic heterocycles. The molecule has 0 radical (unpaired) electrons. The SMILES string of the molecule is CC1CC[C@@H](C(C)C)[C@@H](PPP)C1. The highest BCUT2D eigenvalue weighted by atomic mass is 32.4. The first-order valence-electron chi connectivity index (χ1n) is 5.36. The van der Waals surface area contributed by atoms with Gasteiger partial charge in [-0.15, -0.1) is 8.93 Å². The molecule has 1 aliphatic rings. The summed E-state index contributed by atoms with van der Waals surface area (Å²) in [7, 11) is 5.24. The van der Waals surface area contributed by atoms with Crippen molar-refractivity contribution in [1.82, 2.24) is 0 Å². The maximum atomic E-state index is 2.93. The van der Waals surface area contributed by atoms with E-state index in [9.17, 15) is 0 Å². The highest BCUT2D eigenvalue weighted by Gasteiger charge is 2.29. The first-order chi connectivity index (χ1) is 6.15. The average Bonchev–Trinajstić information content (AvgIpc) is 2.04. The third kappa shape index (κ3) is 3.74. The molecule has 0 N–H and O–H groups in total. The second-order valence-corrected chi connectivity index (χ2v) is 10.4. The van der Waals surface area contributed by atoms with Crippen molar-refractivity contribution in [3.8, 4) is 0 Å². The van der Waals surface area contributed by atoms with E-state index in [0.717, 1.165) is 31.4 Å². The van der Waals surface area contributed by atoms with Crippen LogP contribution in [-0.2, 0) is 0 Å². The van der Waals surface area contributed by atoms with Gasteiger partial charge in [0.05, 0.1) is 0 Å². The Morgan fingerprint density at radius 2 is 2.00 bits per heavy atom. The van der Waals surface area contributed by atoms with Crippen molar-refractivity contribution in [2.24, 2.45) is 17.8 Å². The molecule has 6 atom stereocenters. The predicted octanol–water partition coefficient (Wildman–Crippen LogP) is 4.51. The Bertz CT molecular complexity index is 147. The molecule has 0 bridgehead atoms. The van der Waals surface area contributed by atoms with Crippen LogP contribution in [-0.4, -0.2) is 5.66 Å². The van der Waals surface area contributed by atoms with Crippen LogP contribution in [0.3, 0.4) is 0 Å². The maximum Gasteiger partial charge on any atom is -0.0164 e. The Hall–Kier alpha value is 1.29. The summed E-state index contributed by atoms with van der Waals surface area (Å²) in [5.41, 5.74) is 1.06. The molecule has 1 aliphatic carbocycles. The average molecular weight is 236 g/mol. The largest absolute Gasteiger partial charge is 0.110 e. The van der Waals surface area contributed by atoms with Crippen LogP contribution in [0.5, 0.6) is 0 Å². The van der Waals surface area contributed by atoms with Crippen molar-refractivity contribution < 1.29 is 0 Å². The van der Waals surface area contributed by atoms with Crippen LogP contribution in [0.1, 0.15) is 40.0 Å². The van der Waals surface area contributed by atoms with Gasteiger partial charge in [-0.25, -0.2) is 0 Å². The third-order valence-electron chi connectivity index (χ3n) is 3.29. The molecular formula is C10H23P3. The molecule has 1 saturated carbocycles. The van der Waals surface area contributed by atoms with Crippen LogP contribution in [0, 0.1) is 17.8 Å². The normalized spacial score (nSPS) is 37.2. The monoisotopic (exact) mass is 236 g/mol. The molecule has 13 heavy (non-hydrogen) atoms. The molecule has 0 spiro atoms. The van der Waals surface area contributed by atoms with E-state index in [-0.39, 0.29) is 0 Å². The molecule has 0 heterocycles. The second kappa shape index (κ2) is 6.00. The van der Waals surface area contributed by atoms with Gasteiger partial charge in [0.1, 0.15) is 0 Å². The summed E-state index contributed by atoms with van der Waals surface area (Å²) >= 11 is 0. The second-order valence-electron chi connectivity index (χ2n) is 4.72. The fraction of sp³-hybridized carbons (Fsp3) is 1.00. The minimum Gasteiger partial charge on any atom is -0.110 e. The lowest BCUT2D eigenvalue weighted by Gasteiger charge is -2.37. The summed E-state index contributed by atoms with van der Waals surface area (Å²) in [5.74, 6) is 2.93. The van der Waals surface area contributed by atoms with Gasteiger partial charge in [-0.1, -0.05) is 43.4 Å². The molecule has 3 heteroatoms. The van der Waals surface area contributed by atoms with Crippen molar-refractivity contribution in [2.45, 2.75) is 45.7 Å². The molecule has 0 aromatic rings. The highest BCUT2D eigenvalue weighted by Crippen LogP contribution is 2.54. The fourth-order valence-electron chi connectivity index (χ4n) is 2.48. The van der Waals surface area contributed by atoms with Gasteiger partial charge in [0.2, 0.25) is 0 Å². The standard InChI is InChI=1S/C10H23P3/c1-7(2)9-5-4-8(3)6-10(9)12-13-11/h7-10,12-13H,4-6,11H2,1-3H3/t8?,9-,10-/m0/s1. The van der Waals surface area contributed by atoms with Crippen LogP contribution in [0.15, 0.2) is 0 Å². The van der Waals surface area contributed by atoms with Crippen LogP contribution in [0.2, 0.25) is 0 Å². The predicted molar refractivity (Wildman–Crippen MR) is 71.5 cm³/mol. The lowest BCUT2D eigenvalue weighted by atomic mass is 9.77. The topological polar surface area (TPSA) is 0 Å². The zero-order chi connectivity index (χ0) is 9.84. The van der Waals surface area contributed by atoms with Gasteiger partial charge in [0.15, 0.2) is 0 Å². The number of hydrogen-bond donors (Lipinski definition) is 0. The summed E-state index contributed by atoms with van der Waals surface area (Å²) in [6.07, 6.45) is 4.47. The van der Waals surface area contributed by atoms with Crippen molar-refractivity contribution in [1.29, 1.82) is 0 Å². The van der Waals surface area contributed by atoms with Gasteiger partial charge in [-0.05, 0) is 36.3 Å². The van der Waals surface area contributed by atoms with E-state index in [4.69, 9.17) is 0 Å². The van der Waals surface area contributed by atoms with Crippen molar-refractivity contribution >= 4 is 25.2 Å². The van der Waals surface area contributed by atoms with Crippen LogP contribution >= 0.6 is 25.2 Å². The quantitative estimate of drug-likeness (QED) is 0.632. The molecule has 78 valence electrons. The lowest BCUT2D eigenvalue weighted by molar-refractivity contribution is 0.243. The van der Waals surface area contributed by atoms with Crippen molar-refractivity contribution in [2.75, 3.05) is 0 Å². The van der Waals surface area contributed by atoms with E-state index in [1.54, 1.807) is 0 Å². The molecular weight excluding hydrogens is 213 g/mol. The zero-order valence-electron chi connectivity index (χ0n) is 9.01. The Morgan fingerprint density at radius 3 is 2.54 bits per heavy atom. The fourth-order valence-corrected chi connectivity index (χ4v) is 7.54. The number of hydrogen-bond acceptors (Lipinski definition) is 0. The van der Waals surface area contributed by atoms with Gasteiger partial charge in [-0.3, -0.25) is 0 Å². The zero-order valence-corrected chi connectivity index (χ0v) is 12.2. The minimum atomic E-state index is 0.909. The molecule has 0 saturated heterocycles. The molecule has 1 fully saturated rings. The van der Waals surface area contributed by atoms with Crippen molar-refractivity contribution in [3.05, 3.63) is 0 Å². The van der Waals surface area contributed by atoms with Crippen LogP contribution in [0.25, 0.3) is 0 Å². The summed E-state index contributed by atoms with van der Waals surface area (Å²) < 4.78 is 0. The molecule has 4 unspecified atom stereocenters. The summed E-state index contributed by atoms with van der Waals surface area (Å²) in [4.78, 5) is 0. The maximum absolute atomic E-state index is 2.93. The molecule has 0 aliphatic heterocycles. The summed E-state index contributed by atoms with van der Waals surface area (Å²) in [5, 5.41) is 0. The Balaban J connectivity index is 2.50. The Morgan fingerprint density at radius 1 is 1.31 bits per heavy atom. The van der Waals surface area contributed by atoms with Gasteiger partial charge in [0.25, 0.3) is 0 Å². The minimum absolute atomic E-state index is 0.909. The third-order valence-corrected chi connectivity index (χ3v) is 7.60. The van der Waals surface area contributed by atoms with E-state index in [2.05, 4.69) is 29.7 Å². The first-order valence-corrected chi connectivity index (χ1v) is 10.2. The van der Waals surface area contributed by atoms with E-state index in [1.165, 1.54) is 27.5 Å². The molecule has 1 rings (SSSR count). The van der Waals surface area contributed by atoms with Gasteiger partial charge >= 0.3 is 0 Å². The smallest absolute Gasteiger partial charge is 0.0164 e. The molecule has 0 aromatic carbocycles. The van der Waals surface area contributed by atoms with Gasteiger partial charge in [0, 0.05) is 0 Å². The van der Waals surface area contributed by atoms with E-state index >= 15 is 0 Å². The lowest BCUT2D eigenvalue weighted by Crippen LogP contribution is -2.28. The number of rotatable bonds is 3. The van der Waals surface area contributed by atoms with Crippen LogP contribution in [0.4, 0.5) is 0 Å². The van der Waals surface area contributed by atoms with E-state index in [0.29, 0.717) is 0 Å². The van der Waals surface area contributed by atoms with Crippen LogP contribution < -0.4 is 0 Å². The molecule has 0 nitrogen and oxygen atoms in total. The van der Waals surface area contributed by atoms with E-state index < -0.39 is 0 Å². The van der Waals surface area contributed by atoms with E-state index in [1.807, 2.05) is 0 Å². The Kier molecular flexibility index (Phi) is 5.71. The Labute approximate surface area is 89.0 Å². The highest BCUT2D eigenvalue weighted by molar-refractivity contribution is 8.39. The van der Waals surface area contributed by atoms with Crippen molar-refractivity contribution in [3.63, 3.8) is 0 Å².